The minimum Gasteiger partial charge on any atom is -0.103 e. The van der Waals surface area contributed by atoms with Crippen molar-refractivity contribution >= 4 is 0 Å². The quantitative estimate of drug-likeness (QED) is 0.389. The highest BCUT2D eigenvalue weighted by molar-refractivity contribution is 4.80. The summed E-state index contributed by atoms with van der Waals surface area (Å²) in [5.74, 6) is 0. The molecule has 0 radical (unpaired) electrons. The molecule has 0 unspecified atom stereocenters. The summed E-state index contributed by atoms with van der Waals surface area (Å²) >= 11 is 0. The Morgan fingerprint density at radius 1 is 1.22 bits per heavy atom. The van der Waals surface area contributed by atoms with Crippen LogP contribution in [0, 0.1) is 0 Å². The maximum atomic E-state index is 3.65. The van der Waals surface area contributed by atoms with Gasteiger partial charge in [0.05, 0.1) is 0 Å². The van der Waals surface area contributed by atoms with Crippen LogP contribution in [0.4, 0.5) is 0 Å². The van der Waals surface area contributed by atoms with E-state index < -0.39 is 0 Å². The van der Waals surface area contributed by atoms with Crippen LogP contribution in [0.25, 0.3) is 0 Å². The van der Waals surface area contributed by atoms with E-state index in [1.807, 2.05) is 6.08 Å². The van der Waals surface area contributed by atoms with Gasteiger partial charge in [-0.1, -0.05) is 25.2 Å². The summed E-state index contributed by atoms with van der Waals surface area (Å²) in [6, 6.07) is 0. The van der Waals surface area contributed by atoms with E-state index >= 15 is 0 Å². The van der Waals surface area contributed by atoms with Gasteiger partial charge in [-0.3, -0.25) is 0 Å². The van der Waals surface area contributed by atoms with E-state index in [0.717, 1.165) is 12.8 Å². The highest BCUT2D eigenvalue weighted by Gasteiger charge is 1.76. The molecule has 0 aromatic rings. The fraction of sp³-hybridized carbons (Fsp3) is 0.556. The number of hydrogen-bond donors (Lipinski definition) is 0. The molecule has 0 atom stereocenters. The maximum Gasteiger partial charge on any atom is -0.0348 e. The Morgan fingerprint density at radius 3 is 2.56 bits per heavy atom. The minimum atomic E-state index is 1.15. The van der Waals surface area contributed by atoms with E-state index in [-0.39, 0.29) is 0 Å². The van der Waals surface area contributed by atoms with Gasteiger partial charge in [0.15, 0.2) is 0 Å². The van der Waals surface area contributed by atoms with Gasteiger partial charge in [0.2, 0.25) is 0 Å². The molecule has 0 fully saturated rings. The highest BCUT2D eigenvalue weighted by Crippen LogP contribution is 1.96. The van der Waals surface area contributed by atoms with Gasteiger partial charge in [0, 0.05) is 0 Å². The lowest BCUT2D eigenvalue weighted by molar-refractivity contribution is 0.866. The van der Waals surface area contributed by atoms with Crippen LogP contribution in [0.3, 0.4) is 0 Å². The molecule has 0 aromatic heterocycles. The Bertz CT molecular complexity index is 80.0. The van der Waals surface area contributed by atoms with Gasteiger partial charge in [-0.25, -0.2) is 0 Å². The van der Waals surface area contributed by atoms with E-state index in [1.165, 1.54) is 12.8 Å². The molecular weight excluding hydrogens is 108 g/mol. The maximum absolute atomic E-state index is 3.65. The second kappa shape index (κ2) is 7.48. The molecule has 52 valence electrons. The first-order valence-corrected chi connectivity index (χ1v) is 3.67. The van der Waals surface area contributed by atoms with E-state index in [4.69, 9.17) is 0 Å². The van der Waals surface area contributed by atoms with Gasteiger partial charge in [-0.2, -0.15) is 0 Å². The van der Waals surface area contributed by atoms with Crippen molar-refractivity contribution in [3.05, 3.63) is 24.8 Å². The topological polar surface area (TPSA) is 0 Å². The molecule has 0 saturated carbocycles. The van der Waals surface area contributed by atoms with Crippen LogP contribution in [-0.2, 0) is 0 Å². The van der Waals surface area contributed by atoms with Crippen LogP contribution >= 0.6 is 0 Å². The molecule has 0 rings (SSSR count). The SMILES string of the molecule is C=CCCCC=CCC. The van der Waals surface area contributed by atoms with Crippen LogP contribution in [-0.4, -0.2) is 0 Å². The highest BCUT2D eigenvalue weighted by atomic mass is 13.8. The molecular formula is C9H16. The fourth-order valence-electron chi connectivity index (χ4n) is 0.665. The lowest BCUT2D eigenvalue weighted by Gasteiger charge is -1.86. The normalized spacial score (nSPS) is 10.3. The average molecular weight is 124 g/mol. The summed E-state index contributed by atoms with van der Waals surface area (Å²) in [7, 11) is 0. The predicted octanol–water partition coefficient (Wildman–Crippen LogP) is 3.31. The van der Waals surface area contributed by atoms with E-state index in [1.54, 1.807) is 0 Å². The standard InChI is InChI=1S/C9H16/c1-3-5-7-9-8-6-4-2/h3,6,8H,1,4-5,7,9H2,2H3. The molecule has 0 N–H and O–H groups in total. The van der Waals surface area contributed by atoms with Gasteiger partial charge in [0.25, 0.3) is 0 Å². The first-order chi connectivity index (χ1) is 4.41. The Hall–Kier alpha value is -0.520. The zero-order valence-corrected chi connectivity index (χ0v) is 6.27. The number of allylic oxidation sites excluding steroid dienone is 3. The van der Waals surface area contributed by atoms with Gasteiger partial charge in [-0.05, 0) is 25.7 Å². The van der Waals surface area contributed by atoms with Crippen molar-refractivity contribution in [2.24, 2.45) is 0 Å². The van der Waals surface area contributed by atoms with Crippen LogP contribution in [0.1, 0.15) is 32.6 Å². The zero-order chi connectivity index (χ0) is 6.95. The van der Waals surface area contributed by atoms with Crippen LogP contribution < -0.4 is 0 Å². The minimum absolute atomic E-state index is 1.15. The largest absolute Gasteiger partial charge is 0.103 e. The third kappa shape index (κ3) is 7.48. The lowest BCUT2D eigenvalue weighted by atomic mass is 10.2. The van der Waals surface area contributed by atoms with Crippen LogP contribution in [0.15, 0.2) is 24.8 Å². The smallest absolute Gasteiger partial charge is 0.0348 e. The average Bonchev–Trinajstić information content (AvgIpc) is 1.89. The lowest BCUT2D eigenvalue weighted by Crippen LogP contribution is -1.66. The third-order valence-electron chi connectivity index (χ3n) is 1.18. The van der Waals surface area contributed by atoms with Crippen molar-refractivity contribution in [2.75, 3.05) is 0 Å². The molecule has 0 bridgehead atoms. The number of unbranched alkanes of at least 4 members (excludes halogenated alkanes) is 2. The fourth-order valence-corrected chi connectivity index (χ4v) is 0.665. The van der Waals surface area contributed by atoms with Crippen molar-refractivity contribution in [2.45, 2.75) is 32.6 Å². The first kappa shape index (κ1) is 8.48. The third-order valence-corrected chi connectivity index (χ3v) is 1.18. The zero-order valence-electron chi connectivity index (χ0n) is 6.27. The van der Waals surface area contributed by atoms with E-state index in [2.05, 4.69) is 25.7 Å². The van der Waals surface area contributed by atoms with Crippen molar-refractivity contribution < 1.29 is 0 Å². The summed E-state index contributed by atoms with van der Waals surface area (Å²) in [6.07, 6.45) is 11.2. The molecule has 0 saturated heterocycles. The summed E-state index contributed by atoms with van der Waals surface area (Å²) in [5.41, 5.74) is 0. The molecule has 0 nitrogen and oxygen atoms in total. The molecule has 0 spiro atoms. The predicted molar refractivity (Wildman–Crippen MR) is 43.5 cm³/mol. The van der Waals surface area contributed by atoms with Crippen molar-refractivity contribution in [1.82, 2.24) is 0 Å². The molecule has 0 aliphatic heterocycles. The molecule has 0 heteroatoms. The molecule has 0 amide bonds. The van der Waals surface area contributed by atoms with Crippen LogP contribution in [0.2, 0.25) is 0 Å². The Labute approximate surface area is 58.3 Å². The number of hydrogen-bond acceptors (Lipinski definition) is 0. The summed E-state index contributed by atoms with van der Waals surface area (Å²) < 4.78 is 0. The molecule has 0 aromatic carbocycles. The molecule has 0 aliphatic rings. The van der Waals surface area contributed by atoms with Crippen molar-refractivity contribution in [1.29, 1.82) is 0 Å². The first-order valence-electron chi connectivity index (χ1n) is 3.67. The van der Waals surface area contributed by atoms with Gasteiger partial charge >= 0.3 is 0 Å². The summed E-state index contributed by atoms with van der Waals surface area (Å²) in [5, 5.41) is 0. The van der Waals surface area contributed by atoms with Crippen LogP contribution in [0.5, 0.6) is 0 Å². The Kier molecular flexibility index (Phi) is 7.05. The van der Waals surface area contributed by atoms with Gasteiger partial charge < -0.3 is 0 Å². The Balaban J connectivity index is 2.90. The Morgan fingerprint density at radius 2 is 2.00 bits per heavy atom. The molecule has 9 heavy (non-hydrogen) atoms. The van der Waals surface area contributed by atoms with Crippen molar-refractivity contribution in [3.63, 3.8) is 0 Å². The molecule has 0 heterocycles. The second-order valence-corrected chi connectivity index (χ2v) is 2.10. The van der Waals surface area contributed by atoms with E-state index in [0.29, 0.717) is 0 Å². The monoisotopic (exact) mass is 124 g/mol. The van der Waals surface area contributed by atoms with Gasteiger partial charge in [-0.15, -0.1) is 6.58 Å². The molecule has 0 aliphatic carbocycles. The van der Waals surface area contributed by atoms with E-state index in [9.17, 15) is 0 Å². The summed E-state index contributed by atoms with van der Waals surface area (Å²) in [6.45, 7) is 5.81. The second-order valence-electron chi connectivity index (χ2n) is 2.10. The van der Waals surface area contributed by atoms with Crippen molar-refractivity contribution in [3.8, 4) is 0 Å². The number of rotatable bonds is 5. The van der Waals surface area contributed by atoms with Gasteiger partial charge in [0.1, 0.15) is 0 Å². The summed E-state index contributed by atoms with van der Waals surface area (Å²) in [4.78, 5) is 0.